The maximum absolute atomic E-state index is 9.58. The van der Waals surface area contributed by atoms with Crippen molar-refractivity contribution < 1.29 is 14.6 Å². The van der Waals surface area contributed by atoms with Gasteiger partial charge in [-0.15, -0.1) is 0 Å². The van der Waals surface area contributed by atoms with Crippen LogP contribution in [0.5, 0.6) is 5.75 Å². The van der Waals surface area contributed by atoms with Gasteiger partial charge in [0.1, 0.15) is 0 Å². The number of anilines is 1. The molecule has 1 aliphatic heterocycles. The first-order chi connectivity index (χ1) is 8.76. The minimum atomic E-state index is -0.452. The molecular weight excluding hydrogens is 232 g/mol. The highest BCUT2D eigenvalue weighted by molar-refractivity contribution is 5.48. The summed E-state index contributed by atoms with van der Waals surface area (Å²) in [6, 6.07) is 3.31. The third-order valence-electron chi connectivity index (χ3n) is 3.03. The van der Waals surface area contributed by atoms with Gasteiger partial charge in [-0.3, -0.25) is 0 Å². The van der Waals surface area contributed by atoms with E-state index in [2.05, 4.69) is 17.2 Å². The van der Waals surface area contributed by atoms with Crippen LogP contribution in [0.4, 0.5) is 5.82 Å². The van der Waals surface area contributed by atoms with E-state index in [1.165, 1.54) is 0 Å². The summed E-state index contributed by atoms with van der Waals surface area (Å²) in [5.74, 6) is 0.212. The van der Waals surface area contributed by atoms with Crippen LogP contribution < -0.4 is 5.32 Å². The molecule has 1 aliphatic rings. The maximum atomic E-state index is 9.58. The van der Waals surface area contributed by atoms with Gasteiger partial charge in [0, 0.05) is 25.6 Å². The number of rotatable bonds is 6. The molecule has 0 unspecified atom stereocenters. The standard InChI is InChI=1S/C13H20N2O3/c1-2-5-13(17-9-10-18-13)6-8-15-12-11(16)4-3-7-14-12/h3-4,7,16H,2,5-6,8-10H2,1H3,(H,14,15). The largest absolute Gasteiger partial charge is 0.504 e. The predicted octanol–water partition coefficient (Wildman–Crippen LogP) is 2.13. The molecule has 0 atom stereocenters. The van der Waals surface area contributed by atoms with E-state index in [0.717, 1.165) is 19.3 Å². The molecule has 1 aromatic rings. The van der Waals surface area contributed by atoms with Crippen molar-refractivity contribution in [3.05, 3.63) is 18.3 Å². The lowest BCUT2D eigenvalue weighted by molar-refractivity contribution is -0.164. The van der Waals surface area contributed by atoms with Crippen LogP contribution in [0, 0.1) is 0 Å². The molecule has 0 aliphatic carbocycles. The van der Waals surface area contributed by atoms with Crippen molar-refractivity contribution in [1.29, 1.82) is 0 Å². The number of hydrogen-bond acceptors (Lipinski definition) is 5. The highest BCUT2D eigenvalue weighted by Gasteiger charge is 2.34. The Bertz CT molecular complexity index is 378. The summed E-state index contributed by atoms with van der Waals surface area (Å²) in [6.07, 6.45) is 4.31. The van der Waals surface area contributed by atoms with Gasteiger partial charge >= 0.3 is 0 Å². The molecular formula is C13H20N2O3. The van der Waals surface area contributed by atoms with E-state index in [4.69, 9.17) is 9.47 Å². The average Bonchev–Trinajstić information content (AvgIpc) is 2.81. The molecule has 0 radical (unpaired) electrons. The summed E-state index contributed by atoms with van der Waals surface area (Å²) in [5.41, 5.74) is 0. The minimum absolute atomic E-state index is 0.162. The Kier molecular flexibility index (Phi) is 4.38. The van der Waals surface area contributed by atoms with E-state index in [1.807, 2.05) is 0 Å². The lowest BCUT2D eigenvalue weighted by Crippen LogP contribution is -2.32. The van der Waals surface area contributed by atoms with Crippen molar-refractivity contribution in [2.24, 2.45) is 0 Å². The van der Waals surface area contributed by atoms with Gasteiger partial charge in [0.05, 0.1) is 13.2 Å². The van der Waals surface area contributed by atoms with Crippen molar-refractivity contribution in [3.8, 4) is 5.75 Å². The Labute approximate surface area is 107 Å². The second kappa shape index (κ2) is 6.02. The summed E-state index contributed by atoms with van der Waals surface area (Å²) >= 11 is 0. The Morgan fingerprint density at radius 3 is 2.83 bits per heavy atom. The molecule has 5 heteroatoms. The van der Waals surface area contributed by atoms with Crippen LogP contribution in [-0.2, 0) is 9.47 Å². The number of ether oxygens (including phenoxy) is 2. The van der Waals surface area contributed by atoms with Crippen LogP contribution >= 0.6 is 0 Å². The van der Waals surface area contributed by atoms with Crippen molar-refractivity contribution >= 4 is 5.82 Å². The highest BCUT2D eigenvalue weighted by atomic mass is 16.7. The third kappa shape index (κ3) is 3.11. The summed E-state index contributed by atoms with van der Waals surface area (Å²) < 4.78 is 11.4. The van der Waals surface area contributed by atoms with Crippen molar-refractivity contribution in [1.82, 2.24) is 4.98 Å². The molecule has 2 N–H and O–H groups in total. The molecule has 1 fully saturated rings. The normalized spacial score (nSPS) is 17.8. The Morgan fingerprint density at radius 2 is 2.17 bits per heavy atom. The zero-order valence-electron chi connectivity index (χ0n) is 10.7. The zero-order chi connectivity index (χ0) is 12.8. The number of aromatic nitrogens is 1. The second-order valence-corrected chi connectivity index (χ2v) is 4.41. The van der Waals surface area contributed by atoms with Crippen LogP contribution in [-0.4, -0.2) is 35.6 Å². The van der Waals surface area contributed by atoms with E-state index < -0.39 is 5.79 Å². The van der Waals surface area contributed by atoms with Gasteiger partial charge in [-0.1, -0.05) is 13.3 Å². The van der Waals surface area contributed by atoms with E-state index >= 15 is 0 Å². The molecule has 18 heavy (non-hydrogen) atoms. The lowest BCUT2D eigenvalue weighted by atomic mass is 10.1. The topological polar surface area (TPSA) is 63.6 Å². The third-order valence-corrected chi connectivity index (χ3v) is 3.03. The molecule has 0 aromatic carbocycles. The number of hydrogen-bond donors (Lipinski definition) is 2. The fourth-order valence-corrected chi connectivity index (χ4v) is 2.20. The Morgan fingerprint density at radius 1 is 1.39 bits per heavy atom. The van der Waals surface area contributed by atoms with Gasteiger partial charge in [0.2, 0.25) is 0 Å². The number of aromatic hydroxyl groups is 1. The van der Waals surface area contributed by atoms with E-state index in [-0.39, 0.29) is 5.75 Å². The predicted molar refractivity (Wildman–Crippen MR) is 68.6 cm³/mol. The first-order valence-electron chi connectivity index (χ1n) is 6.41. The van der Waals surface area contributed by atoms with Gasteiger partial charge in [-0.25, -0.2) is 4.98 Å². The molecule has 0 spiro atoms. The molecule has 2 rings (SSSR count). The number of nitrogens with zero attached hydrogens (tertiary/aromatic N) is 1. The first-order valence-corrected chi connectivity index (χ1v) is 6.41. The SMILES string of the molecule is CCCC1(CCNc2ncccc2O)OCCO1. The first kappa shape index (κ1) is 13.1. The summed E-state index contributed by atoms with van der Waals surface area (Å²) in [6.45, 7) is 4.10. The van der Waals surface area contributed by atoms with Gasteiger partial charge < -0.3 is 19.9 Å². The Balaban J connectivity index is 1.85. The van der Waals surface area contributed by atoms with Gasteiger partial charge in [0.15, 0.2) is 17.4 Å². The molecule has 1 saturated heterocycles. The summed E-state index contributed by atoms with van der Waals surface area (Å²) in [7, 11) is 0. The average molecular weight is 252 g/mol. The van der Waals surface area contributed by atoms with Crippen molar-refractivity contribution in [2.45, 2.75) is 32.0 Å². The van der Waals surface area contributed by atoms with Crippen LogP contribution in [0.1, 0.15) is 26.2 Å². The van der Waals surface area contributed by atoms with E-state index in [0.29, 0.717) is 25.6 Å². The fraction of sp³-hybridized carbons (Fsp3) is 0.615. The molecule has 0 amide bonds. The fourth-order valence-electron chi connectivity index (χ4n) is 2.20. The van der Waals surface area contributed by atoms with Gasteiger partial charge in [0.25, 0.3) is 0 Å². The Hall–Kier alpha value is -1.33. The van der Waals surface area contributed by atoms with Crippen LogP contribution in [0.3, 0.4) is 0 Å². The molecule has 0 bridgehead atoms. The van der Waals surface area contributed by atoms with Crippen molar-refractivity contribution in [2.75, 3.05) is 25.1 Å². The molecule has 1 aromatic heterocycles. The quantitative estimate of drug-likeness (QED) is 0.812. The minimum Gasteiger partial charge on any atom is -0.504 e. The van der Waals surface area contributed by atoms with Gasteiger partial charge in [-0.05, 0) is 12.1 Å². The smallest absolute Gasteiger partial charge is 0.170 e. The lowest BCUT2D eigenvalue weighted by Gasteiger charge is -2.27. The summed E-state index contributed by atoms with van der Waals surface area (Å²) in [4.78, 5) is 4.07. The monoisotopic (exact) mass is 252 g/mol. The van der Waals surface area contributed by atoms with Gasteiger partial charge in [-0.2, -0.15) is 0 Å². The highest BCUT2D eigenvalue weighted by Crippen LogP contribution is 2.29. The van der Waals surface area contributed by atoms with Crippen LogP contribution in [0.25, 0.3) is 0 Å². The molecule has 0 saturated carbocycles. The molecule has 2 heterocycles. The number of nitrogens with one attached hydrogen (secondary N) is 1. The van der Waals surface area contributed by atoms with Crippen LogP contribution in [0.15, 0.2) is 18.3 Å². The second-order valence-electron chi connectivity index (χ2n) is 4.41. The van der Waals surface area contributed by atoms with Crippen molar-refractivity contribution in [3.63, 3.8) is 0 Å². The summed E-state index contributed by atoms with van der Waals surface area (Å²) in [5, 5.41) is 12.7. The van der Waals surface area contributed by atoms with E-state index in [9.17, 15) is 5.11 Å². The molecule has 5 nitrogen and oxygen atoms in total. The van der Waals surface area contributed by atoms with E-state index in [1.54, 1.807) is 18.3 Å². The van der Waals surface area contributed by atoms with Crippen LogP contribution in [0.2, 0.25) is 0 Å². The number of pyridine rings is 1. The zero-order valence-corrected chi connectivity index (χ0v) is 10.7. The maximum Gasteiger partial charge on any atom is 0.170 e. The molecule has 100 valence electrons.